The summed E-state index contributed by atoms with van der Waals surface area (Å²) >= 11 is 0. The fourth-order valence-corrected chi connectivity index (χ4v) is 11.8. The van der Waals surface area contributed by atoms with Crippen molar-refractivity contribution in [3.05, 3.63) is 144 Å². The molecule has 86 heavy (non-hydrogen) atoms. The number of benzene rings is 3. The van der Waals surface area contributed by atoms with Crippen molar-refractivity contribution >= 4 is 17.9 Å². The number of carbonyl (C=O) groups excluding carboxylic acids is 3. The Morgan fingerprint density at radius 3 is 0.930 bits per heavy atom. The monoisotopic (exact) mass is 1180 g/mol. The van der Waals surface area contributed by atoms with Crippen molar-refractivity contribution < 1.29 is 38.1 Å². The highest BCUT2D eigenvalue weighted by molar-refractivity contribution is 5.71. The van der Waals surface area contributed by atoms with Crippen LogP contribution in [0.5, 0.6) is 0 Å². The number of carbonyl (C=O) groups is 3. The quantitative estimate of drug-likeness (QED) is 0.0181. The number of hydrogen-bond acceptors (Lipinski definition) is 8. The molecular formula is C78H120O8. The van der Waals surface area contributed by atoms with Crippen molar-refractivity contribution in [2.45, 2.75) is 321 Å². The lowest BCUT2D eigenvalue weighted by molar-refractivity contribution is -0.200. The first-order chi connectivity index (χ1) is 42.4. The molecule has 0 aliphatic carbocycles. The first-order valence-electron chi connectivity index (χ1n) is 35.4. The third-order valence-electron chi connectivity index (χ3n) is 17.0. The van der Waals surface area contributed by atoms with E-state index < -0.39 is 48.1 Å². The lowest BCUT2D eigenvalue weighted by Gasteiger charge is -2.37. The molecule has 0 N–H and O–H groups in total. The Morgan fingerprint density at radius 1 is 0.349 bits per heavy atom. The smallest absolute Gasteiger partial charge is 0.308 e. The van der Waals surface area contributed by atoms with E-state index in [9.17, 15) is 14.4 Å². The average Bonchev–Trinajstić information content (AvgIpc) is 1.07. The van der Waals surface area contributed by atoms with Crippen molar-refractivity contribution in [1.82, 2.24) is 0 Å². The summed E-state index contributed by atoms with van der Waals surface area (Å²) in [5.41, 5.74) is 1.59. The van der Waals surface area contributed by atoms with Gasteiger partial charge < -0.3 is 23.7 Å². The van der Waals surface area contributed by atoms with Crippen LogP contribution in [0.2, 0.25) is 0 Å². The summed E-state index contributed by atoms with van der Waals surface area (Å²) in [6.07, 6.45) is 55.2. The minimum Gasteiger partial charge on any atom is -0.455 e. The van der Waals surface area contributed by atoms with Crippen LogP contribution in [0.25, 0.3) is 0 Å². The Bertz CT molecular complexity index is 2090. The second kappa shape index (κ2) is 50.1. The Balaban J connectivity index is 1.44. The van der Waals surface area contributed by atoms with Gasteiger partial charge in [-0.3, -0.25) is 14.4 Å². The zero-order valence-corrected chi connectivity index (χ0v) is 54.6. The Hall–Kier alpha value is -4.79. The molecule has 8 nitrogen and oxygen atoms in total. The summed E-state index contributed by atoms with van der Waals surface area (Å²) in [5.74, 6) is -1.26. The maximum Gasteiger partial charge on any atom is 0.308 e. The van der Waals surface area contributed by atoms with Gasteiger partial charge in [-0.25, -0.2) is 0 Å². The van der Waals surface area contributed by atoms with Gasteiger partial charge in [0.1, 0.15) is 11.7 Å². The molecule has 4 atom stereocenters. The van der Waals surface area contributed by atoms with E-state index in [4.69, 9.17) is 23.7 Å². The Labute approximate surface area is 524 Å². The maximum atomic E-state index is 14.1. The molecule has 1 unspecified atom stereocenters. The summed E-state index contributed by atoms with van der Waals surface area (Å²) in [5, 5.41) is 0. The van der Waals surface area contributed by atoms with Gasteiger partial charge in [-0.1, -0.05) is 302 Å². The lowest BCUT2D eigenvalue weighted by Crippen LogP contribution is -2.44. The van der Waals surface area contributed by atoms with E-state index in [1.165, 1.54) is 135 Å². The lowest BCUT2D eigenvalue weighted by atomic mass is 9.80. The molecule has 8 heteroatoms. The molecular weight excluding hydrogens is 1060 g/mol. The van der Waals surface area contributed by atoms with E-state index in [1.54, 1.807) is 0 Å². The van der Waals surface area contributed by atoms with Gasteiger partial charge in [0.25, 0.3) is 0 Å². The third kappa shape index (κ3) is 32.4. The molecule has 1 fully saturated rings. The van der Waals surface area contributed by atoms with Crippen LogP contribution in [0.1, 0.15) is 307 Å². The molecule has 0 saturated carbocycles. The summed E-state index contributed by atoms with van der Waals surface area (Å²) in [6.45, 7) is 6.71. The molecule has 1 aliphatic heterocycles. The van der Waals surface area contributed by atoms with Gasteiger partial charge in [0.05, 0.1) is 6.61 Å². The van der Waals surface area contributed by atoms with Gasteiger partial charge in [0, 0.05) is 19.3 Å². The van der Waals surface area contributed by atoms with Gasteiger partial charge >= 0.3 is 17.9 Å². The van der Waals surface area contributed by atoms with Crippen molar-refractivity contribution in [3.63, 3.8) is 0 Å². The van der Waals surface area contributed by atoms with E-state index in [1.807, 2.05) is 54.6 Å². The first-order valence-corrected chi connectivity index (χ1v) is 35.4. The van der Waals surface area contributed by atoms with E-state index in [2.05, 4.69) is 93.6 Å². The SMILES string of the molecule is CCCCCCCC/C=C\CCCCCCCC(=O)OC1[C@@H](COC(c2ccccc2)(c2ccccc2)c2ccccc2)O[C@@H](OC(=O)CCCCCCC/C=C\CCCCCCCC)[C@H]1OC(=O)CCCCCCC/C=C\CCCCCCCC. The normalized spacial score (nSPS) is 16.2. The van der Waals surface area contributed by atoms with E-state index >= 15 is 0 Å². The number of hydrogen-bond donors (Lipinski definition) is 0. The van der Waals surface area contributed by atoms with Crippen molar-refractivity contribution in [2.24, 2.45) is 0 Å². The molecule has 480 valence electrons. The van der Waals surface area contributed by atoms with Gasteiger partial charge in [-0.2, -0.15) is 0 Å². The molecule has 1 aliphatic rings. The summed E-state index contributed by atoms with van der Waals surface area (Å²) in [4.78, 5) is 42.0. The number of unbranched alkanes of at least 4 members (excludes halogenated alkanes) is 33. The highest BCUT2D eigenvalue weighted by atomic mass is 16.8. The van der Waals surface area contributed by atoms with E-state index in [0.717, 1.165) is 113 Å². The molecule has 0 radical (unpaired) electrons. The zero-order chi connectivity index (χ0) is 61.1. The molecule has 0 bridgehead atoms. The van der Waals surface area contributed by atoms with Gasteiger partial charge in [0.2, 0.25) is 12.4 Å². The molecule has 3 aromatic rings. The minimum atomic E-state index is -1.30. The largest absolute Gasteiger partial charge is 0.455 e. The van der Waals surface area contributed by atoms with Crippen molar-refractivity contribution in [2.75, 3.05) is 6.61 Å². The summed E-state index contributed by atoms with van der Waals surface area (Å²) < 4.78 is 33.0. The molecule has 0 amide bonds. The molecule has 4 rings (SSSR count). The van der Waals surface area contributed by atoms with Crippen LogP contribution < -0.4 is 0 Å². The topological polar surface area (TPSA) is 97.4 Å². The maximum absolute atomic E-state index is 14.1. The fraction of sp³-hybridized carbons (Fsp3) is 0.654. The summed E-state index contributed by atoms with van der Waals surface area (Å²) in [6, 6.07) is 30.3. The molecule has 1 heterocycles. The predicted molar refractivity (Wildman–Crippen MR) is 358 cm³/mol. The van der Waals surface area contributed by atoms with E-state index in [0.29, 0.717) is 19.3 Å². The first kappa shape index (κ1) is 73.7. The van der Waals surface area contributed by atoms with Crippen molar-refractivity contribution in [1.29, 1.82) is 0 Å². The van der Waals surface area contributed by atoms with Crippen LogP contribution in [0.4, 0.5) is 0 Å². The van der Waals surface area contributed by atoms with Gasteiger partial charge in [-0.15, -0.1) is 0 Å². The highest BCUT2D eigenvalue weighted by Gasteiger charge is 2.53. The number of ether oxygens (including phenoxy) is 5. The van der Waals surface area contributed by atoms with Crippen LogP contribution in [0, 0.1) is 0 Å². The number of esters is 3. The molecule has 1 saturated heterocycles. The van der Waals surface area contributed by atoms with Crippen LogP contribution in [0.15, 0.2) is 127 Å². The van der Waals surface area contributed by atoms with Gasteiger partial charge in [-0.05, 0) is 113 Å². The second-order valence-electron chi connectivity index (χ2n) is 24.5. The Kier molecular flexibility index (Phi) is 42.9. The highest BCUT2D eigenvalue weighted by Crippen LogP contribution is 2.42. The Morgan fingerprint density at radius 2 is 0.616 bits per heavy atom. The zero-order valence-electron chi connectivity index (χ0n) is 54.6. The summed E-state index contributed by atoms with van der Waals surface area (Å²) in [7, 11) is 0. The van der Waals surface area contributed by atoms with Gasteiger partial charge in [0.15, 0.2) is 6.10 Å². The number of rotatable bonds is 54. The molecule has 0 aromatic heterocycles. The van der Waals surface area contributed by atoms with Crippen LogP contribution in [-0.4, -0.2) is 49.1 Å². The third-order valence-corrected chi connectivity index (χ3v) is 17.0. The average molecular weight is 1190 g/mol. The second-order valence-corrected chi connectivity index (χ2v) is 24.5. The van der Waals surface area contributed by atoms with Crippen LogP contribution >= 0.6 is 0 Å². The van der Waals surface area contributed by atoms with E-state index in [-0.39, 0.29) is 25.9 Å². The van der Waals surface area contributed by atoms with Crippen LogP contribution in [0.3, 0.4) is 0 Å². The predicted octanol–water partition coefficient (Wildman–Crippen LogP) is 22.2. The minimum absolute atomic E-state index is 0.0748. The number of allylic oxidation sites excluding steroid dienone is 6. The molecule has 3 aromatic carbocycles. The van der Waals surface area contributed by atoms with Crippen molar-refractivity contribution in [3.8, 4) is 0 Å². The standard InChI is InChI=1S/C78H120O8/c1-4-7-10-13-16-19-22-25-28-31-34-37-40-43-55-64-72(79)84-75-71(67-82-78(68-58-49-46-50-59-68,69-60-51-47-52-61-69)70-62-53-48-54-63-70)83-77(86-74(81)66-57-45-42-39-36-33-30-27-24-21-18-15-12-9-6-3)76(75)85-73(80)65-56-44-41-38-35-32-29-26-23-20-17-14-11-8-5-2/h25-30,46-54,58-63,71,75-77H,4-24,31-45,55-57,64-67H2,1-3H3/b28-25-,29-26-,30-27-/t71-,75?,76+,77+/m1/s1. The molecule has 0 spiro atoms. The fourth-order valence-electron chi connectivity index (χ4n) is 11.8. The van der Waals surface area contributed by atoms with Crippen LogP contribution in [-0.2, 0) is 43.7 Å².